The highest BCUT2D eigenvalue weighted by Crippen LogP contribution is 2.30. The van der Waals surface area contributed by atoms with E-state index in [-0.39, 0.29) is 12.5 Å². The van der Waals surface area contributed by atoms with Crippen molar-refractivity contribution in [1.29, 1.82) is 0 Å². The molecule has 0 radical (unpaired) electrons. The summed E-state index contributed by atoms with van der Waals surface area (Å²) >= 11 is 1.63. The van der Waals surface area contributed by atoms with E-state index in [1.54, 1.807) is 35.7 Å². The first-order chi connectivity index (χ1) is 9.46. The lowest BCUT2D eigenvalue weighted by Crippen LogP contribution is -2.48. The molecule has 1 fully saturated rings. The van der Waals surface area contributed by atoms with Crippen LogP contribution in [0.25, 0.3) is 0 Å². The maximum absolute atomic E-state index is 12.4. The summed E-state index contributed by atoms with van der Waals surface area (Å²) < 4.78 is 0. The maximum Gasteiger partial charge on any atom is 0.311 e. The van der Waals surface area contributed by atoms with Gasteiger partial charge in [0.15, 0.2) is 0 Å². The molecule has 1 amide bonds. The fraction of sp³-hybridized carbons (Fsp3) is 0.467. The van der Waals surface area contributed by atoms with Crippen LogP contribution < -0.4 is 0 Å². The lowest BCUT2D eigenvalue weighted by molar-refractivity contribution is -0.150. The molecule has 1 aliphatic heterocycles. The second-order valence-corrected chi connectivity index (χ2v) is 6.30. The molecular formula is C15H19NO3S. The van der Waals surface area contributed by atoms with Gasteiger partial charge in [0.1, 0.15) is 0 Å². The number of hydrogen-bond acceptors (Lipinski definition) is 3. The molecule has 1 unspecified atom stereocenters. The summed E-state index contributed by atoms with van der Waals surface area (Å²) in [7, 11) is 0. The highest BCUT2D eigenvalue weighted by Gasteiger charge is 2.39. The molecule has 0 spiro atoms. The van der Waals surface area contributed by atoms with Crippen LogP contribution in [0, 0.1) is 5.41 Å². The van der Waals surface area contributed by atoms with E-state index in [0.29, 0.717) is 18.5 Å². The summed E-state index contributed by atoms with van der Waals surface area (Å²) in [6.45, 7) is 2.63. The second-order valence-electron chi connectivity index (χ2n) is 5.42. The quantitative estimate of drug-likeness (QED) is 0.871. The Hall–Kier alpha value is -1.49. The number of aliphatic carboxylic acids is 1. The van der Waals surface area contributed by atoms with Crippen molar-refractivity contribution in [3.8, 4) is 0 Å². The largest absolute Gasteiger partial charge is 0.481 e. The van der Waals surface area contributed by atoms with Crippen molar-refractivity contribution in [2.75, 3.05) is 19.3 Å². The number of rotatable bonds is 3. The van der Waals surface area contributed by atoms with Crippen molar-refractivity contribution in [3.05, 3.63) is 29.8 Å². The monoisotopic (exact) mass is 293 g/mol. The summed E-state index contributed by atoms with van der Waals surface area (Å²) in [5.74, 6) is -0.905. The molecule has 1 aromatic rings. The van der Waals surface area contributed by atoms with Gasteiger partial charge in [-0.3, -0.25) is 9.59 Å². The zero-order valence-corrected chi connectivity index (χ0v) is 12.6. The molecule has 0 aromatic heterocycles. The Morgan fingerprint density at radius 1 is 1.30 bits per heavy atom. The van der Waals surface area contributed by atoms with E-state index < -0.39 is 11.4 Å². The minimum absolute atomic E-state index is 0.0789. The predicted octanol–water partition coefficient (Wildman–Crippen LogP) is 2.74. The van der Waals surface area contributed by atoms with Crippen molar-refractivity contribution in [3.63, 3.8) is 0 Å². The number of nitrogens with zero attached hydrogens (tertiary/aromatic N) is 1. The summed E-state index contributed by atoms with van der Waals surface area (Å²) in [4.78, 5) is 26.5. The summed E-state index contributed by atoms with van der Waals surface area (Å²) in [5.41, 5.74) is -0.204. The van der Waals surface area contributed by atoms with Crippen LogP contribution in [0.5, 0.6) is 0 Å². The fourth-order valence-corrected chi connectivity index (χ4v) is 2.91. The zero-order chi connectivity index (χ0) is 14.8. The summed E-state index contributed by atoms with van der Waals surface area (Å²) in [6.07, 6.45) is 3.34. The second kappa shape index (κ2) is 5.87. The normalized spacial score (nSPS) is 22.6. The Morgan fingerprint density at radius 3 is 2.50 bits per heavy atom. The number of carbonyl (C=O) groups excluding carboxylic acids is 1. The minimum atomic E-state index is -0.826. The Bertz CT molecular complexity index is 514. The van der Waals surface area contributed by atoms with Crippen LogP contribution >= 0.6 is 11.8 Å². The van der Waals surface area contributed by atoms with Gasteiger partial charge in [0.05, 0.1) is 5.41 Å². The van der Waals surface area contributed by atoms with Crippen LogP contribution in [-0.2, 0) is 4.79 Å². The molecule has 4 nitrogen and oxygen atoms in total. The van der Waals surface area contributed by atoms with Gasteiger partial charge >= 0.3 is 5.97 Å². The molecule has 0 aliphatic carbocycles. The van der Waals surface area contributed by atoms with Gasteiger partial charge in [-0.15, -0.1) is 11.8 Å². The summed E-state index contributed by atoms with van der Waals surface area (Å²) in [6, 6.07) is 7.44. The van der Waals surface area contributed by atoms with E-state index in [4.69, 9.17) is 0 Å². The molecule has 5 heteroatoms. The molecule has 1 heterocycles. The van der Waals surface area contributed by atoms with Gasteiger partial charge in [-0.05, 0) is 50.3 Å². The number of piperidine rings is 1. The number of carboxylic acids is 1. The number of likely N-dealkylation sites (tertiary alicyclic amines) is 1. The third-order valence-electron chi connectivity index (χ3n) is 3.84. The molecule has 20 heavy (non-hydrogen) atoms. The molecule has 2 rings (SSSR count). The van der Waals surface area contributed by atoms with E-state index in [1.165, 1.54) is 0 Å². The number of benzene rings is 1. The van der Waals surface area contributed by atoms with Crippen molar-refractivity contribution >= 4 is 23.6 Å². The van der Waals surface area contributed by atoms with Gasteiger partial charge in [-0.25, -0.2) is 0 Å². The Morgan fingerprint density at radius 2 is 1.95 bits per heavy atom. The van der Waals surface area contributed by atoms with Crippen molar-refractivity contribution in [2.45, 2.75) is 24.7 Å². The van der Waals surface area contributed by atoms with Crippen LogP contribution in [0.4, 0.5) is 0 Å². The molecule has 1 aromatic carbocycles. The first kappa shape index (κ1) is 14.9. The fourth-order valence-electron chi connectivity index (χ4n) is 2.50. The first-order valence-corrected chi connectivity index (χ1v) is 7.85. The van der Waals surface area contributed by atoms with Crippen molar-refractivity contribution in [1.82, 2.24) is 4.90 Å². The molecule has 108 valence electrons. The molecule has 1 aliphatic rings. The average Bonchev–Trinajstić information content (AvgIpc) is 2.46. The third-order valence-corrected chi connectivity index (χ3v) is 4.58. The van der Waals surface area contributed by atoms with Crippen LogP contribution in [0.1, 0.15) is 30.1 Å². The van der Waals surface area contributed by atoms with Gasteiger partial charge in [0.25, 0.3) is 5.91 Å². The molecule has 1 saturated heterocycles. The van der Waals surface area contributed by atoms with Crippen LogP contribution in [-0.4, -0.2) is 41.2 Å². The first-order valence-electron chi connectivity index (χ1n) is 6.63. The smallest absolute Gasteiger partial charge is 0.311 e. The Balaban J connectivity index is 2.14. The minimum Gasteiger partial charge on any atom is -0.481 e. The van der Waals surface area contributed by atoms with Gasteiger partial charge in [0.2, 0.25) is 0 Å². The standard InChI is InChI=1S/C15H19NO3S/c1-15(14(18)19)8-3-9-16(10-15)13(17)11-4-6-12(20-2)7-5-11/h4-7H,3,8-10H2,1-2H3,(H,18,19). The predicted molar refractivity (Wildman–Crippen MR) is 79.1 cm³/mol. The van der Waals surface area contributed by atoms with Gasteiger partial charge in [-0.1, -0.05) is 0 Å². The topological polar surface area (TPSA) is 57.6 Å². The zero-order valence-electron chi connectivity index (χ0n) is 11.8. The summed E-state index contributed by atoms with van der Waals surface area (Å²) in [5, 5.41) is 9.30. The van der Waals surface area contributed by atoms with Crippen LogP contribution in [0.3, 0.4) is 0 Å². The molecule has 0 bridgehead atoms. The van der Waals surface area contributed by atoms with E-state index >= 15 is 0 Å². The van der Waals surface area contributed by atoms with E-state index in [9.17, 15) is 14.7 Å². The number of carbonyl (C=O) groups is 2. The van der Waals surface area contributed by atoms with E-state index in [1.807, 2.05) is 18.4 Å². The van der Waals surface area contributed by atoms with Gasteiger partial charge in [-0.2, -0.15) is 0 Å². The van der Waals surface area contributed by atoms with Crippen LogP contribution in [0.15, 0.2) is 29.2 Å². The Labute approximate surface area is 123 Å². The van der Waals surface area contributed by atoms with Crippen LogP contribution in [0.2, 0.25) is 0 Å². The molecule has 1 atom stereocenters. The lowest BCUT2D eigenvalue weighted by Gasteiger charge is -2.37. The molecule has 1 N–H and O–H groups in total. The van der Waals surface area contributed by atoms with Gasteiger partial charge in [0, 0.05) is 23.5 Å². The van der Waals surface area contributed by atoms with Crippen molar-refractivity contribution in [2.24, 2.45) is 5.41 Å². The number of thioether (sulfide) groups is 1. The van der Waals surface area contributed by atoms with Crippen molar-refractivity contribution < 1.29 is 14.7 Å². The highest BCUT2D eigenvalue weighted by atomic mass is 32.2. The number of amides is 1. The average molecular weight is 293 g/mol. The SMILES string of the molecule is CSc1ccc(C(=O)N2CCCC(C)(C(=O)O)C2)cc1. The lowest BCUT2D eigenvalue weighted by atomic mass is 9.82. The van der Waals surface area contributed by atoms with E-state index in [0.717, 1.165) is 11.3 Å². The highest BCUT2D eigenvalue weighted by molar-refractivity contribution is 7.98. The third kappa shape index (κ3) is 2.98. The van der Waals surface area contributed by atoms with Gasteiger partial charge < -0.3 is 10.0 Å². The maximum atomic E-state index is 12.4. The Kier molecular flexibility index (Phi) is 4.38. The van der Waals surface area contributed by atoms with E-state index in [2.05, 4.69) is 0 Å². The number of hydrogen-bond donors (Lipinski definition) is 1. The molecular weight excluding hydrogens is 274 g/mol. The number of carboxylic acid groups (broad SMARTS) is 1. The molecule has 0 saturated carbocycles.